The van der Waals surface area contributed by atoms with E-state index in [4.69, 9.17) is 0 Å². The molecule has 2 aromatic heterocycles. The smallest absolute Gasteiger partial charge is 0.267 e. The number of aromatic nitrogens is 4. The van der Waals surface area contributed by atoms with Crippen molar-refractivity contribution in [2.45, 2.75) is 32.1 Å². The summed E-state index contributed by atoms with van der Waals surface area (Å²) in [6.07, 6.45) is 0.725. The molecule has 0 atom stereocenters. The van der Waals surface area contributed by atoms with Gasteiger partial charge in [-0.25, -0.2) is 8.42 Å². The summed E-state index contributed by atoms with van der Waals surface area (Å²) in [4.78, 5) is 0.163. The molecular weight excluding hydrogens is 274 g/mol. The lowest BCUT2D eigenvalue weighted by molar-refractivity contribution is 0.600. The number of anilines is 1. The number of nitrogens with one attached hydrogen (secondary N) is 2. The third-order valence-electron chi connectivity index (χ3n) is 2.32. The lowest BCUT2D eigenvalue weighted by Gasteiger charge is -2.03. The Morgan fingerprint density at radius 3 is 2.56 bits per heavy atom. The quantitative estimate of drug-likeness (QED) is 0.881. The first-order valence-corrected chi connectivity index (χ1v) is 7.60. The van der Waals surface area contributed by atoms with Gasteiger partial charge in [0.25, 0.3) is 10.0 Å². The summed E-state index contributed by atoms with van der Waals surface area (Å²) in [7, 11) is -3.66. The molecule has 2 rings (SSSR count). The molecule has 0 fully saturated rings. The number of H-pyrrole nitrogens is 1. The maximum Gasteiger partial charge on any atom is 0.267 e. The van der Waals surface area contributed by atoms with Crippen LogP contribution in [0, 0.1) is 13.8 Å². The Bertz CT molecular complexity index is 639. The van der Waals surface area contributed by atoms with Crippen molar-refractivity contribution in [1.82, 2.24) is 20.4 Å². The van der Waals surface area contributed by atoms with E-state index >= 15 is 0 Å². The number of hydrogen-bond donors (Lipinski definition) is 2. The molecule has 0 bridgehead atoms. The zero-order valence-electron chi connectivity index (χ0n) is 10.2. The molecule has 0 radical (unpaired) electrons. The standard InChI is InChI=1S/C9H13N5O2S2/c1-4-7-12-13-9(17-7)14-18(15,16)8-5(2)10-11-6(8)3/h4H2,1-3H3,(H,10,11)(H,13,14). The van der Waals surface area contributed by atoms with Crippen LogP contribution < -0.4 is 4.72 Å². The fraction of sp³-hybridized carbons (Fsp3) is 0.444. The molecule has 18 heavy (non-hydrogen) atoms. The second kappa shape index (κ2) is 4.65. The molecule has 0 spiro atoms. The summed E-state index contributed by atoms with van der Waals surface area (Å²) >= 11 is 1.23. The van der Waals surface area contributed by atoms with Crippen LogP contribution in [0.2, 0.25) is 0 Å². The summed E-state index contributed by atoms with van der Waals surface area (Å²) in [5.41, 5.74) is 0.931. The van der Waals surface area contributed by atoms with Crippen molar-refractivity contribution in [3.8, 4) is 0 Å². The molecule has 0 aliphatic heterocycles. The molecule has 2 heterocycles. The molecule has 0 aromatic carbocycles. The molecular formula is C9H13N5O2S2. The van der Waals surface area contributed by atoms with Crippen molar-refractivity contribution in [1.29, 1.82) is 0 Å². The fourth-order valence-electron chi connectivity index (χ4n) is 1.54. The Hall–Kier alpha value is -1.48. The van der Waals surface area contributed by atoms with Crippen molar-refractivity contribution in [2.75, 3.05) is 4.72 Å². The maximum absolute atomic E-state index is 12.2. The van der Waals surface area contributed by atoms with E-state index in [1.807, 2.05) is 6.92 Å². The van der Waals surface area contributed by atoms with E-state index in [0.29, 0.717) is 11.4 Å². The minimum atomic E-state index is -3.66. The van der Waals surface area contributed by atoms with Gasteiger partial charge in [-0.3, -0.25) is 9.82 Å². The molecule has 0 aliphatic rings. The molecule has 0 unspecified atom stereocenters. The van der Waals surface area contributed by atoms with Crippen molar-refractivity contribution in [3.05, 3.63) is 16.4 Å². The Kier molecular flexibility index (Phi) is 3.35. The molecule has 98 valence electrons. The minimum absolute atomic E-state index is 0.163. The highest BCUT2D eigenvalue weighted by molar-refractivity contribution is 7.93. The third-order valence-corrected chi connectivity index (χ3v) is 5.03. The van der Waals surface area contributed by atoms with Crippen LogP contribution in [0.25, 0.3) is 0 Å². The van der Waals surface area contributed by atoms with E-state index in [1.165, 1.54) is 11.3 Å². The van der Waals surface area contributed by atoms with E-state index in [1.54, 1.807) is 13.8 Å². The van der Waals surface area contributed by atoms with Crippen LogP contribution in [-0.2, 0) is 16.4 Å². The molecule has 0 aliphatic carbocycles. The lowest BCUT2D eigenvalue weighted by atomic mass is 10.4. The van der Waals surface area contributed by atoms with Crippen molar-refractivity contribution < 1.29 is 8.42 Å². The Balaban J connectivity index is 2.33. The highest BCUT2D eigenvalue weighted by atomic mass is 32.2. The van der Waals surface area contributed by atoms with E-state index in [-0.39, 0.29) is 10.0 Å². The van der Waals surface area contributed by atoms with Crippen molar-refractivity contribution >= 4 is 26.5 Å². The summed E-state index contributed by atoms with van der Waals surface area (Å²) < 4.78 is 26.8. The van der Waals surface area contributed by atoms with Crippen LogP contribution in [0.5, 0.6) is 0 Å². The first-order valence-electron chi connectivity index (χ1n) is 5.30. The van der Waals surface area contributed by atoms with Gasteiger partial charge in [-0.2, -0.15) is 5.10 Å². The lowest BCUT2D eigenvalue weighted by Crippen LogP contribution is -2.14. The van der Waals surface area contributed by atoms with Gasteiger partial charge in [0.05, 0.1) is 11.4 Å². The fourth-order valence-corrected chi connectivity index (χ4v) is 3.82. The van der Waals surface area contributed by atoms with Gasteiger partial charge in [-0.05, 0) is 20.3 Å². The van der Waals surface area contributed by atoms with Gasteiger partial charge < -0.3 is 0 Å². The summed E-state index contributed by atoms with van der Waals surface area (Å²) in [6.45, 7) is 5.23. The van der Waals surface area contributed by atoms with Gasteiger partial charge in [0.1, 0.15) is 9.90 Å². The van der Waals surface area contributed by atoms with E-state index < -0.39 is 10.0 Å². The molecule has 2 aromatic rings. The van der Waals surface area contributed by atoms with Gasteiger partial charge in [-0.15, -0.1) is 10.2 Å². The van der Waals surface area contributed by atoms with Crippen LogP contribution in [0.15, 0.2) is 4.90 Å². The number of rotatable bonds is 4. The number of aryl methyl sites for hydroxylation is 3. The zero-order valence-corrected chi connectivity index (χ0v) is 11.8. The summed E-state index contributed by atoms with van der Waals surface area (Å²) in [5.74, 6) is 0. The Labute approximate surface area is 109 Å². The molecule has 9 heteroatoms. The molecule has 0 amide bonds. The second-order valence-corrected chi connectivity index (χ2v) is 6.40. The first-order chi connectivity index (χ1) is 8.44. The zero-order chi connectivity index (χ0) is 13.3. The molecule has 7 nitrogen and oxygen atoms in total. The van der Waals surface area contributed by atoms with Gasteiger partial charge in [0.15, 0.2) is 0 Å². The predicted octanol–water partition coefficient (Wildman–Crippen LogP) is 1.24. The molecule has 0 saturated carbocycles. The van der Waals surface area contributed by atoms with E-state index in [0.717, 1.165) is 11.4 Å². The van der Waals surface area contributed by atoms with Crippen LogP contribution in [0.4, 0.5) is 5.13 Å². The first kappa shape index (κ1) is 13.0. The predicted molar refractivity (Wildman–Crippen MR) is 68.2 cm³/mol. The molecule has 0 saturated heterocycles. The number of nitrogens with zero attached hydrogens (tertiary/aromatic N) is 3. The Morgan fingerprint density at radius 1 is 1.33 bits per heavy atom. The third kappa shape index (κ3) is 2.36. The minimum Gasteiger partial charge on any atom is -0.281 e. The summed E-state index contributed by atoms with van der Waals surface area (Å²) in [5, 5.41) is 15.2. The average molecular weight is 287 g/mol. The van der Waals surface area contributed by atoms with Gasteiger partial charge >= 0.3 is 0 Å². The molecule has 2 N–H and O–H groups in total. The Morgan fingerprint density at radius 2 is 2.06 bits per heavy atom. The largest absolute Gasteiger partial charge is 0.281 e. The summed E-state index contributed by atoms with van der Waals surface area (Å²) in [6, 6.07) is 0. The monoisotopic (exact) mass is 287 g/mol. The SMILES string of the molecule is CCc1nnc(NS(=O)(=O)c2c(C)n[nH]c2C)s1. The van der Waals surface area contributed by atoms with E-state index in [9.17, 15) is 8.42 Å². The van der Waals surface area contributed by atoms with Gasteiger partial charge in [0, 0.05) is 0 Å². The van der Waals surface area contributed by atoms with Gasteiger partial charge in [0.2, 0.25) is 5.13 Å². The van der Waals surface area contributed by atoms with E-state index in [2.05, 4.69) is 25.1 Å². The van der Waals surface area contributed by atoms with Crippen LogP contribution >= 0.6 is 11.3 Å². The second-order valence-electron chi connectivity index (χ2n) is 3.72. The van der Waals surface area contributed by atoms with Crippen molar-refractivity contribution in [2.24, 2.45) is 0 Å². The highest BCUT2D eigenvalue weighted by Crippen LogP contribution is 2.23. The van der Waals surface area contributed by atoms with Gasteiger partial charge in [-0.1, -0.05) is 18.3 Å². The topological polar surface area (TPSA) is 101 Å². The normalized spacial score (nSPS) is 11.7. The number of hydrogen-bond acceptors (Lipinski definition) is 6. The maximum atomic E-state index is 12.2. The number of aromatic amines is 1. The van der Waals surface area contributed by atoms with Crippen LogP contribution in [0.3, 0.4) is 0 Å². The highest BCUT2D eigenvalue weighted by Gasteiger charge is 2.23. The number of sulfonamides is 1. The van der Waals surface area contributed by atoms with Crippen LogP contribution in [-0.4, -0.2) is 28.8 Å². The average Bonchev–Trinajstić information content (AvgIpc) is 2.85. The van der Waals surface area contributed by atoms with Crippen LogP contribution in [0.1, 0.15) is 23.3 Å². The van der Waals surface area contributed by atoms with Crippen molar-refractivity contribution in [3.63, 3.8) is 0 Å².